The second-order valence-electron chi connectivity index (χ2n) is 4.92. The van der Waals surface area contributed by atoms with Gasteiger partial charge in [0.15, 0.2) is 0 Å². The van der Waals surface area contributed by atoms with Crippen molar-refractivity contribution in [3.8, 4) is 0 Å². The topological polar surface area (TPSA) is 77.1 Å². The van der Waals surface area contributed by atoms with Crippen LogP contribution >= 0.6 is 0 Å². The lowest BCUT2D eigenvalue weighted by molar-refractivity contribution is -0.134. The number of amides is 2. The molecule has 0 radical (unpaired) electrons. The average molecular weight is 257 g/mol. The molecule has 2 amide bonds. The van der Waals surface area contributed by atoms with Crippen molar-refractivity contribution < 1.29 is 9.59 Å². The second-order valence-corrected chi connectivity index (χ2v) is 4.92. The number of carbonyl (C=O) groups is 2. The lowest BCUT2D eigenvalue weighted by Crippen LogP contribution is -2.40. The number of nitrogens with two attached hydrogens (primary N) is 1. The highest BCUT2D eigenvalue weighted by molar-refractivity contribution is 6.01. The molecule has 1 fully saturated rings. The zero-order valence-corrected chi connectivity index (χ0v) is 10.6. The molecule has 3 N–H and O–H groups in total. The van der Waals surface area contributed by atoms with Crippen molar-refractivity contribution in [3.05, 3.63) is 30.0 Å². The molecule has 19 heavy (non-hydrogen) atoms. The summed E-state index contributed by atoms with van der Waals surface area (Å²) in [6.07, 6.45) is 0.933. The van der Waals surface area contributed by atoms with Crippen molar-refractivity contribution >= 4 is 28.4 Å². The van der Waals surface area contributed by atoms with Crippen LogP contribution in [-0.2, 0) is 16.6 Å². The standard InChI is InChI=1S/C14H15N3O2/c1-17-11(9-5-6-12(18)16-14(9)19)7-8-3-2-4-10(15)13(8)17/h2-4,7,9H,5-6,15H2,1H3,(H,16,18,19). The first kappa shape index (κ1) is 11.8. The number of para-hydroxylation sites is 1. The maximum absolute atomic E-state index is 11.9. The van der Waals surface area contributed by atoms with Gasteiger partial charge in [-0.1, -0.05) is 12.1 Å². The quantitative estimate of drug-likeness (QED) is 0.597. The molecule has 1 aromatic carbocycles. The lowest BCUT2D eigenvalue weighted by Gasteiger charge is -2.21. The van der Waals surface area contributed by atoms with Crippen LogP contribution in [0.5, 0.6) is 0 Å². The minimum absolute atomic E-state index is 0.195. The Morgan fingerprint density at radius 3 is 2.84 bits per heavy atom. The third kappa shape index (κ3) is 1.78. The number of hydrogen-bond donors (Lipinski definition) is 2. The number of nitrogen functional groups attached to an aromatic ring is 1. The summed E-state index contributed by atoms with van der Waals surface area (Å²) in [6, 6.07) is 7.69. The van der Waals surface area contributed by atoms with Gasteiger partial charge in [-0.2, -0.15) is 0 Å². The summed E-state index contributed by atoms with van der Waals surface area (Å²) in [5, 5.41) is 3.41. The molecule has 0 spiro atoms. The van der Waals surface area contributed by atoms with E-state index in [1.807, 2.05) is 35.9 Å². The van der Waals surface area contributed by atoms with Gasteiger partial charge in [-0.3, -0.25) is 14.9 Å². The Hall–Kier alpha value is -2.30. The number of aryl methyl sites for hydroxylation is 1. The Balaban J connectivity index is 2.11. The van der Waals surface area contributed by atoms with Gasteiger partial charge in [-0.25, -0.2) is 0 Å². The molecule has 1 aliphatic heterocycles. The molecule has 1 aliphatic rings. The van der Waals surface area contributed by atoms with Gasteiger partial charge in [0.05, 0.1) is 17.1 Å². The maximum atomic E-state index is 11.9. The monoisotopic (exact) mass is 257 g/mol. The Morgan fingerprint density at radius 1 is 1.37 bits per heavy atom. The van der Waals surface area contributed by atoms with Gasteiger partial charge in [0.2, 0.25) is 11.8 Å². The highest BCUT2D eigenvalue weighted by atomic mass is 16.2. The van der Waals surface area contributed by atoms with E-state index in [2.05, 4.69) is 5.32 Å². The average Bonchev–Trinajstić information content (AvgIpc) is 2.68. The Bertz CT molecular complexity index is 687. The summed E-state index contributed by atoms with van der Waals surface area (Å²) in [6.45, 7) is 0. The molecule has 3 rings (SSSR count). The fraction of sp³-hybridized carbons (Fsp3) is 0.286. The van der Waals surface area contributed by atoms with E-state index in [4.69, 9.17) is 5.73 Å². The molecule has 2 heterocycles. The van der Waals surface area contributed by atoms with E-state index < -0.39 is 0 Å². The summed E-state index contributed by atoms with van der Waals surface area (Å²) in [5.41, 5.74) is 8.51. The predicted molar refractivity (Wildman–Crippen MR) is 72.5 cm³/mol. The van der Waals surface area contributed by atoms with Gasteiger partial charge in [-0.05, 0) is 18.6 Å². The molecule has 1 unspecified atom stereocenters. The summed E-state index contributed by atoms with van der Waals surface area (Å²) in [5.74, 6) is -0.699. The normalized spacial score (nSPS) is 19.7. The van der Waals surface area contributed by atoms with Crippen molar-refractivity contribution in [2.24, 2.45) is 7.05 Å². The first-order valence-electron chi connectivity index (χ1n) is 6.25. The minimum atomic E-state index is -0.283. The third-order valence-corrected chi connectivity index (χ3v) is 3.72. The van der Waals surface area contributed by atoms with Crippen LogP contribution in [0.15, 0.2) is 24.3 Å². The summed E-state index contributed by atoms with van der Waals surface area (Å²) in [4.78, 5) is 23.1. The van der Waals surface area contributed by atoms with E-state index in [9.17, 15) is 9.59 Å². The molecule has 1 atom stereocenters. The lowest BCUT2D eigenvalue weighted by atomic mass is 9.94. The number of rotatable bonds is 1. The number of nitrogens with zero attached hydrogens (tertiary/aromatic N) is 1. The van der Waals surface area contributed by atoms with Crippen LogP contribution in [0.1, 0.15) is 24.5 Å². The van der Waals surface area contributed by atoms with Crippen LogP contribution in [-0.4, -0.2) is 16.4 Å². The third-order valence-electron chi connectivity index (χ3n) is 3.72. The number of anilines is 1. The van der Waals surface area contributed by atoms with Crippen molar-refractivity contribution in [1.29, 1.82) is 0 Å². The molecule has 5 heteroatoms. The summed E-state index contributed by atoms with van der Waals surface area (Å²) < 4.78 is 1.95. The Labute approximate surface area is 110 Å². The molecule has 1 saturated heterocycles. The Kier molecular flexibility index (Phi) is 2.55. The fourth-order valence-electron chi connectivity index (χ4n) is 2.78. The molecule has 98 valence electrons. The van der Waals surface area contributed by atoms with Crippen molar-refractivity contribution in [3.63, 3.8) is 0 Å². The van der Waals surface area contributed by atoms with Crippen LogP contribution in [0.25, 0.3) is 10.9 Å². The molecular weight excluding hydrogens is 242 g/mol. The summed E-state index contributed by atoms with van der Waals surface area (Å²) in [7, 11) is 1.90. The maximum Gasteiger partial charge on any atom is 0.235 e. The molecule has 0 saturated carbocycles. The zero-order valence-electron chi connectivity index (χ0n) is 10.6. The number of nitrogens with one attached hydrogen (secondary N) is 1. The highest BCUT2D eigenvalue weighted by Gasteiger charge is 2.30. The Morgan fingerprint density at radius 2 is 2.16 bits per heavy atom. The summed E-state index contributed by atoms with van der Waals surface area (Å²) >= 11 is 0. The van der Waals surface area contributed by atoms with Crippen molar-refractivity contribution in [2.75, 3.05) is 5.73 Å². The van der Waals surface area contributed by atoms with Crippen molar-refractivity contribution in [1.82, 2.24) is 9.88 Å². The van der Waals surface area contributed by atoms with E-state index in [0.717, 1.165) is 16.6 Å². The molecule has 1 aromatic heterocycles. The number of benzene rings is 1. The van der Waals surface area contributed by atoms with E-state index in [0.29, 0.717) is 18.5 Å². The van der Waals surface area contributed by atoms with Crippen LogP contribution < -0.4 is 11.1 Å². The fourth-order valence-corrected chi connectivity index (χ4v) is 2.78. The molecule has 2 aromatic rings. The van der Waals surface area contributed by atoms with E-state index >= 15 is 0 Å². The molecular formula is C14H15N3O2. The highest BCUT2D eigenvalue weighted by Crippen LogP contribution is 2.31. The predicted octanol–water partition coefficient (Wildman–Crippen LogP) is 1.28. The van der Waals surface area contributed by atoms with Gasteiger partial charge in [0.25, 0.3) is 0 Å². The number of hydrogen-bond acceptors (Lipinski definition) is 3. The number of fused-ring (bicyclic) bond motifs is 1. The zero-order chi connectivity index (χ0) is 13.6. The van der Waals surface area contributed by atoms with Crippen molar-refractivity contribution in [2.45, 2.75) is 18.8 Å². The van der Waals surface area contributed by atoms with E-state index in [-0.39, 0.29) is 17.7 Å². The smallest absolute Gasteiger partial charge is 0.235 e. The number of aromatic nitrogens is 1. The first-order chi connectivity index (χ1) is 9.08. The SMILES string of the molecule is Cn1c(C2CCC(=O)NC2=O)cc2cccc(N)c21. The van der Waals surface area contributed by atoms with E-state index in [1.54, 1.807) is 0 Å². The van der Waals surface area contributed by atoms with E-state index in [1.165, 1.54) is 0 Å². The largest absolute Gasteiger partial charge is 0.397 e. The van der Waals surface area contributed by atoms with Gasteiger partial charge in [0, 0.05) is 24.5 Å². The second kappa shape index (κ2) is 4.12. The van der Waals surface area contributed by atoms with Gasteiger partial charge < -0.3 is 10.3 Å². The minimum Gasteiger partial charge on any atom is -0.397 e. The molecule has 0 bridgehead atoms. The van der Waals surface area contributed by atoms with Gasteiger partial charge in [0.1, 0.15) is 0 Å². The van der Waals surface area contributed by atoms with Crippen LogP contribution in [0.4, 0.5) is 5.69 Å². The van der Waals surface area contributed by atoms with Crippen LogP contribution in [0, 0.1) is 0 Å². The van der Waals surface area contributed by atoms with Crippen LogP contribution in [0.3, 0.4) is 0 Å². The molecule has 5 nitrogen and oxygen atoms in total. The molecule has 0 aliphatic carbocycles. The first-order valence-corrected chi connectivity index (χ1v) is 6.25. The number of piperidine rings is 1. The number of imide groups is 1. The van der Waals surface area contributed by atoms with Gasteiger partial charge in [-0.15, -0.1) is 0 Å². The number of carbonyl (C=O) groups excluding carboxylic acids is 2. The van der Waals surface area contributed by atoms with Crippen LogP contribution in [0.2, 0.25) is 0 Å². The van der Waals surface area contributed by atoms with Gasteiger partial charge >= 0.3 is 0 Å².